The highest BCUT2D eigenvalue weighted by Gasteiger charge is 2.14. The van der Waals surface area contributed by atoms with Crippen molar-refractivity contribution in [3.63, 3.8) is 0 Å². The van der Waals surface area contributed by atoms with E-state index in [2.05, 4.69) is 10.3 Å². The van der Waals surface area contributed by atoms with Gasteiger partial charge in [-0.15, -0.1) is 11.3 Å². The first-order chi connectivity index (χ1) is 14.3. The van der Waals surface area contributed by atoms with E-state index in [0.717, 1.165) is 5.56 Å². The molecule has 3 rings (SSSR count). The minimum Gasteiger partial charge on any atom is -0.302 e. The molecule has 0 aliphatic rings. The van der Waals surface area contributed by atoms with Crippen molar-refractivity contribution in [1.82, 2.24) is 4.98 Å². The topological polar surface area (TPSA) is 119 Å². The Morgan fingerprint density at radius 2 is 1.80 bits per heavy atom. The zero-order chi connectivity index (χ0) is 21.6. The lowest BCUT2D eigenvalue weighted by molar-refractivity contribution is -0.384. The van der Waals surface area contributed by atoms with Gasteiger partial charge in [0.15, 0.2) is 15.0 Å². The van der Waals surface area contributed by atoms with Crippen LogP contribution in [0.25, 0.3) is 11.3 Å². The Morgan fingerprint density at radius 3 is 2.47 bits per heavy atom. The highest BCUT2D eigenvalue weighted by atomic mass is 32.2. The molecule has 0 atom stereocenters. The minimum atomic E-state index is -3.29. The summed E-state index contributed by atoms with van der Waals surface area (Å²) in [5, 5.41) is 15.5. The molecule has 10 heteroatoms. The summed E-state index contributed by atoms with van der Waals surface area (Å²) in [7, 11) is -3.29. The number of hydrogen-bond acceptors (Lipinski definition) is 7. The van der Waals surface area contributed by atoms with Crippen LogP contribution in [0.15, 0.2) is 60.0 Å². The minimum absolute atomic E-state index is 0.00952. The number of hydrogen-bond donors (Lipinski definition) is 1. The Morgan fingerprint density at radius 1 is 1.10 bits per heavy atom. The monoisotopic (exact) mass is 445 g/mol. The standard InChI is InChI=1S/C20H19N3O5S2/c24-19(7-4-12-30(27,28)14-15-5-2-1-3-6-15)22-20-21-18(13-29-20)16-8-10-17(11-9-16)23(25)26/h1-3,5-6,8-11,13H,4,7,12,14H2,(H,21,22,24). The molecule has 0 aliphatic carbocycles. The number of amides is 1. The predicted octanol–water partition coefficient (Wildman–Crippen LogP) is 4.05. The van der Waals surface area contributed by atoms with Gasteiger partial charge in [0.25, 0.3) is 5.69 Å². The maximum absolute atomic E-state index is 12.2. The molecule has 156 valence electrons. The molecule has 0 unspecified atom stereocenters. The maximum Gasteiger partial charge on any atom is 0.269 e. The zero-order valence-electron chi connectivity index (χ0n) is 15.9. The van der Waals surface area contributed by atoms with Gasteiger partial charge in [-0.25, -0.2) is 13.4 Å². The van der Waals surface area contributed by atoms with Gasteiger partial charge < -0.3 is 5.32 Å². The number of carbonyl (C=O) groups is 1. The summed E-state index contributed by atoms with van der Waals surface area (Å²) in [4.78, 5) is 26.7. The normalized spacial score (nSPS) is 11.2. The van der Waals surface area contributed by atoms with Gasteiger partial charge in [0.2, 0.25) is 5.91 Å². The van der Waals surface area contributed by atoms with Crippen molar-refractivity contribution in [2.45, 2.75) is 18.6 Å². The molecule has 0 bridgehead atoms. The fourth-order valence-electron chi connectivity index (χ4n) is 2.75. The van der Waals surface area contributed by atoms with Crippen LogP contribution in [0.5, 0.6) is 0 Å². The second-order valence-corrected chi connectivity index (χ2v) is 9.61. The first-order valence-electron chi connectivity index (χ1n) is 9.07. The quantitative estimate of drug-likeness (QED) is 0.392. The van der Waals surface area contributed by atoms with Crippen LogP contribution in [-0.2, 0) is 20.4 Å². The summed E-state index contributed by atoms with van der Waals surface area (Å²) in [6.07, 6.45) is 0.294. The van der Waals surface area contributed by atoms with Crippen molar-refractivity contribution in [1.29, 1.82) is 0 Å². The van der Waals surface area contributed by atoms with E-state index in [1.54, 1.807) is 41.8 Å². The number of nitro groups is 1. The van der Waals surface area contributed by atoms with Crippen LogP contribution in [0.3, 0.4) is 0 Å². The largest absolute Gasteiger partial charge is 0.302 e. The fourth-order valence-corrected chi connectivity index (χ4v) is 4.92. The lowest BCUT2D eigenvalue weighted by atomic mass is 10.1. The third-order valence-corrected chi connectivity index (χ3v) is 6.65. The van der Waals surface area contributed by atoms with Gasteiger partial charge in [0.1, 0.15) is 0 Å². The summed E-state index contributed by atoms with van der Waals surface area (Å²) < 4.78 is 24.4. The van der Waals surface area contributed by atoms with Crippen LogP contribution in [0.1, 0.15) is 18.4 Å². The molecule has 8 nitrogen and oxygen atoms in total. The van der Waals surface area contributed by atoms with Crippen LogP contribution < -0.4 is 5.32 Å². The van der Waals surface area contributed by atoms with Gasteiger partial charge in [-0.05, 0) is 24.1 Å². The van der Waals surface area contributed by atoms with Crippen molar-refractivity contribution in [2.24, 2.45) is 0 Å². The first-order valence-corrected chi connectivity index (χ1v) is 11.8. The first kappa shape index (κ1) is 21.6. The zero-order valence-corrected chi connectivity index (χ0v) is 17.5. The molecule has 0 aliphatic heterocycles. The summed E-state index contributed by atoms with van der Waals surface area (Å²) in [5.41, 5.74) is 2.01. The molecule has 1 aromatic heterocycles. The Kier molecular flexibility index (Phi) is 6.91. The van der Waals surface area contributed by atoms with Gasteiger partial charge in [0.05, 0.1) is 22.1 Å². The number of aromatic nitrogens is 1. The van der Waals surface area contributed by atoms with Crippen molar-refractivity contribution >= 4 is 37.9 Å². The number of non-ortho nitro benzene ring substituents is 1. The smallest absolute Gasteiger partial charge is 0.269 e. The molecule has 0 radical (unpaired) electrons. The van der Waals surface area contributed by atoms with Gasteiger partial charge in [0, 0.05) is 29.5 Å². The molecule has 0 spiro atoms. The van der Waals surface area contributed by atoms with Crippen molar-refractivity contribution < 1.29 is 18.1 Å². The SMILES string of the molecule is O=C(CCCS(=O)(=O)Cc1ccccc1)Nc1nc(-c2ccc([N+](=O)[O-])cc2)cs1. The van der Waals surface area contributed by atoms with E-state index >= 15 is 0 Å². The average Bonchev–Trinajstić information content (AvgIpc) is 3.16. The van der Waals surface area contributed by atoms with Gasteiger partial charge in [-0.2, -0.15) is 0 Å². The fraction of sp³-hybridized carbons (Fsp3) is 0.200. The van der Waals surface area contributed by atoms with Crippen LogP contribution in [0.4, 0.5) is 10.8 Å². The predicted molar refractivity (Wildman–Crippen MR) is 116 cm³/mol. The highest BCUT2D eigenvalue weighted by Crippen LogP contribution is 2.26. The summed E-state index contributed by atoms with van der Waals surface area (Å²) >= 11 is 1.23. The third kappa shape index (κ3) is 6.19. The number of nitro benzene ring substituents is 1. The number of nitrogens with one attached hydrogen (secondary N) is 1. The Balaban J connectivity index is 1.49. The van der Waals surface area contributed by atoms with Gasteiger partial charge in [-0.3, -0.25) is 14.9 Å². The number of rotatable bonds is 9. The number of benzene rings is 2. The van der Waals surface area contributed by atoms with Gasteiger partial charge in [-0.1, -0.05) is 30.3 Å². The van der Waals surface area contributed by atoms with E-state index in [1.807, 2.05) is 6.07 Å². The molecular formula is C20H19N3O5S2. The molecule has 1 heterocycles. The van der Waals surface area contributed by atoms with Crippen molar-refractivity contribution in [2.75, 3.05) is 11.1 Å². The van der Waals surface area contributed by atoms with Crippen LogP contribution >= 0.6 is 11.3 Å². The molecule has 1 amide bonds. The summed E-state index contributed by atoms with van der Waals surface area (Å²) in [6, 6.07) is 14.9. The second-order valence-electron chi connectivity index (χ2n) is 6.57. The molecule has 0 saturated heterocycles. The lowest BCUT2D eigenvalue weighted by Crippen LogP contribution is -2.15. The summed E-state index contributed by atoms with van der Waals surface area (Å²) in [5.74, 6) is -0.420. The number of carbonyl (C=O) groups excluding carboxylic acids is 1. The van der Waals surface area contributed by atoms with E-state index in [-0.39, 0.29) is 35.9 Å². The summed E-state index contributed by atoms with van der Waals surface area (Å²) in [6.45, 7) is 0. The maximum atomic E-state index is 12.2. The number of nitrogens with zero attached hydrogens (tertiary/aromatic N) is 2. The van der Waals surface area contributed by atoms with Crippen LogP contribution in [-0.4, -0.2) is 30.0 Å². The molecule has 2 aromatic carbocycles. The molecular weight excluding hydrogens is 426 g/mol. The Labute approximate surface area is 177 Å². The molecule has 1 N–H and O–H groups in total. The number of thiazole rings is 1. The number of sulfone groups is 1. The van der Waals surface area contributed by atoms with Crippen molar-refractivity contribution in [3.05, 3.63) is 75.7 Å². The Bertz CT molecular complexity index is 1130. The van der Waals surface area contributed by atoms with Gasteiger partial charge >= 0.3 is 0 Å². The average molecular weight is 446 g/mol. The second kappa shape index (κ2) is 9.59. The Hall–Kier alpha value is -3.11. The molecule has 3 aromatic rings. The molecule has 30 heavy (non-hydrogen) atoms. The number of anilines is 1. The third-order valence-electron chi connectivity index (χ3n) is 4.21. The molecule has 0 fully saturated rings. The van der Waals surface area contributed by atoms with E-state index in [4.69, 9.17) is 0 Å². The van der Waals surface area contributed by atoms with E-state index < -0.39 is 14.8 Å². The highest BCUT2D eigenvalue weighted by molar-refractivity contribution is 7.90. The van der Waals surface area contributed by atoms with E-state index in [9.17, 15) is 23.3 Å². The van der Waals surface area contributed by atoms with E-state index in [0.29, 0.717) is 16.4 Å². The molecule has 0 saturated carbocycles. The van der Waals surface area contributed by atoms with Crippen LogP contribution in [0.2, 0.25) is 0 Å². The van der Waals surface area contributed by atoms with Crippen LogP contribution in [0, 0.1) is 10.1 Å². The van der Waals surface area contributed by atoms with Crippen molar-refractivity contribution in [3.8, 4) is 11.3 Å². The lowest BCUT2D eigenvalue weighted by Gasteiger charge is -2.05. The van der Waals surface area contributed by atoms with E-state index in [1.165, 1.54) is 23.5 Å².